The van der Waals surface area contributed by atoms with E-state index < -0.39 is 5.82 Å². The van der Waals surface area contributed by atoms with E-state index in [-0.39, 0.29) is 59.5 Å². The summed E-state index contributed by atoms with van der Waals surface area (Å²) < 4.78 is 13.1. The van der Waals surface area contributed by atoms with Gasteiger partial charge in [0.25, 0.3) is 0 Å². The fraction of sp³-hybridized carbons (Fsp3) is 0.421. The second-order valence-corrected chi connectivity index (χ2v) is 7.66. The molecule has 1 aliphatic heterocycles. The third kappa shape index (κ3) is 2.63. The van der Waals surface area contributed by atoms with Gasteiger partial charge >= 0.3 is 0 Å². The summed E-state index contributed by atoms with van der Waals surface area (Å²) in [7, 11) is 1.57. The van der Waals surface area contributed by atoms with Crippen molar-refractivity contribution < 1.29 is 18.8 Å². The summed E-state index contributed by atoms with van der Waals surface area (Å²) in [5.74, 6) is -1.64. The summed E-state index contributed by atoms with van der Waals surface area (Å²) in [4.78, 5) is 40.3. The highest BCUT2D eigenvalue weighted by molar-refractivity contribution is 6.31. The van der Waals surface area contributed by atoms with Crippen LogP contribution in [-0.4, -0.2) is 41.1 Å². The number of allylic oxidation sites excluding steroid dienone is 2. The molecule has 7 heteroatoms. The number of fused-ring (bicyclic) bond motifs is 5. The van der Waals surface area contributed by atoms with Crippen molar-refractivity contribution in [2.24, 2.45) is 23.7 Å². The Labute approximate surface area is 155 Å². The molecule has 1 saturated carbocycles. The van der Waals surface area contributed by atoms with Crippen molar-refractivity contribution in [1.29, 1.82) is 0 Å². The first-order valence-corrected chi connectivity index (χ1v) is 8.96. The van der Waals surface area contributed by atoms with Crippen LogP contribution in [-0.2, 0) is 20.9 Å². The number of likely N-dealkylation sites (tertiary alicyclic amines) is 1. The Morgan fingerprint density at radius 2 is 1.85 bits per heavy atom. The average Bonchev–Trinajstić information content (AvgIpc) is 3.27. The molecule has 1 aromatic carbocycles. The van der Waals surface area contributed by atoms with Gasteiger partial charge in [-0.1, -0.05) is 29.8 Å². The van der Waals surface area contributed by atoms with E-state index in [1.165, 1.54) is 23.1 Å². The number of benzene rings is 1. The lowest BCUT2D eigenvalue weighted by Crippen LogP contribution is -2.42. The molecule has 136 valence electrons. The van der Waals surface area contributed by atoms with Gasteiger partial charge in [-0.05, 0) is 36.0 Å². The Kier molecular flexibility index (Phi) is 4.10. The SMILES string of the molecule is CN(Cc1ccc(F)cc1Cl)C(=O)CN1C(=O)[C@H]2[C@H](C1=O)[C@H]1C=C[C@H]2C1. The van der Waals surface area contributed by atoms with Gasteiger partial charge in [-0.25, -0.2) is 4.39 Å². The molecule has 1 aromatic rings. The molecule has 1 saturated heterocycles. The van der Waals surface area contributed by atoms with Gasteiger partial charge in [0.2, 0.25) is 17.7 Å². The minimum Gasteiger partial charge on any atom is -0.340 e. The summed E-state index contributed by atoms with van der Waals surface area (Å²) in [5.41, 5.74) is 0.599. The van der Waals surface area contributed by atoms with E-state index in [2.05, 4.69) is 0 Å². The molecule has 3 aliphatic rings. The first kappa shape index (κ1) is 17.2. The molecule has 4 atom stereocenters. The maximum absolute atomic E-state index is 13.1. The number of likely N-dealkylation sites (N-methyl/N-ethyl adjacent to an activating group) is 1. The second kappa shape index (κ2) is 6.20. The lowest BCUT2D eigenvalue weighted by molar-refractivity contribution is -0.146. The molecule has 2 bridgehead atoms. The molecule has 26 heavy (non-hydrogen) atoms. The molecule has 0 radical (unpaired) electrons. The smallest absolute Gasteiger partial charge is 0.242 e. The predicted octanol–water partition coefficient (Wildman–Crippen LogP) is 2.24. The van der Waals surface area contributed by atoms with Gasteiger partial charge in [-0.2, -0.15) is 0 Å². The number of amides is 3. The minimum absolute atomic E-state index is 0.123. The zero-order valence-electron chi connectivity index (χ0n) is 14.2. The lowest BCUT2D eigenvalue weighted by atomic mass is 9.85. The summed E-state index contributed by atoms with van der Waals surface area (Å²) in [5, 5.41) is 0.232. The number of nitrogens with zero attached hydrogens (tertiary/aromatic N) is 2. The number of rotatable bonds is 4. The standard InChI is InChI=1S/C19H18ClFN2O3/c1-22(8-12-4-5-13(21)7-14(12)20)15(24)9-23-18(25)16-10-2-3-11(6-10)17(16)19(23)26/h2-5,7,10-11,16-17H,6,8-9H2,1H3/t10-,11-,16+,17+/m0/s1. The lowest BCUT2D eigenvalue weighted by Gasteiger charge is -2.22. The molecule has 2 fully saturated rings. The van der Waals surface area contributed by atoms with E-state index in [9.17, 15) is 18.8 Å². The van der Waals surface area contributed by atoms with E-state index in [0.717, 1.165) is 11.3 Å². The van der Waals surface area contributed by atoms with Crippen LogP contribution in [0.3, 0.4) is 0 Å². The Morgan fingerprint density at radius 1 is 1.23 bits per heavy atom. The van der Waals surface area contributed by atoms with Crippen LogP contribution in [0.5, 0.6) is 0 Å². The molecule has 0 N–H and O–H groups in total. The zero-order valence-corrected chi connectivity index (χ0v) is 14.9. The van der Waals surface area contributed by atoms with Crippen LogP contribution in [0.4, 0.5) is 4.39 Å². The fourth-order valence-electron chi connectivity index (χ4n) is 4.37. The van der Waals surface area contributed by atoms with Crippen LogP contribution in [0, 0.1) is 29.5 Å². The largest absolute Gasteiger partial charge is 0.340 e. The van der Waals surface area contributed by atoms with E-state index in [4.69, 9.17) is 11.6 Å². The van der Waals surface area contributed by atoms with Gasteiger partial charge in [0.05, 0.1) is 11.8 Å². The first-order valence-electron chi connectivity index (χ1n) is 8.58. The summed E-state index contributed by atoms with van der Waals surface area (Å²) in [6, 6.07) is 3.98. The van der Waals surface area contributed by atoms with Crippen molar-refractivity contribution in [3.63, 3.8) is 0 Å². The highest BCUT2D eigenvalue weighted by Crippen LogP contribution is 2.52. The summed E-state index contributed by atoms with van der Waals surface area (Å²) >= 11 is 6.00. The maximum atomic E-state index is 13.1. The van der Waals surface area contributed by atoms with Crippen molar-refractivity contribution in [2.45, 2.75) is 13.0 Å². The highest BCUT2D eigenvalue weighted by atomic mass is 35.5. The van der Waals surface area contributed by atoms with Crippen molar-refractivity contribution in [3.05, 3.63) is 46.8 Å². The van der Waals surface area contributed by atoms with E-state index in [0.29, 0.717) is 5.56 Å². The number of imide groups is 1. The fourth-order valence-corrected chi connectivity index (χ4v) is 4.60. The number of carbonyl (C=O) groups excluding carboxylic acids is 3. The molecule has 0 aromatic heterocycles. The van der Waals surface area contributed by atoms with Gasteiger partial charge in [-0.3, -0.25) is 19.3 Å². The van der Waals surface area contributed by atoms with Crippen molar-refractivity contribution in [2.75, 3.05) is 13.6 Å². The molecular formula is C19H18ClFN2O3. The zero-order chi connectivity index (χ0) is 18.6. The molecule has 4 rings (SSSR count). The number of halogens is 2. The highest BCUT2D eigenvalue weighted by Gasteiger charge is 2.59. The van der Waals surface area contributed by atoms with Gasteiger partial charge in [0.1, 0.15) is 12.4 Å². The van der Waals surface area contributed by atoms with Crippen LogP contribution in [0.1, 0.15) is 12.0 Å². The Hall–Kier alpha value is -2.21. The van der Waals surface area contributed by atoms with Crippen LogP contribution in [0.25, 0.3) is 0 Å². The first-order chi connectivity index (χ1) is 12.4. The quantitative estimate of drug-likeness (QED) is 0.598. The molecular weight excluding hydrogens is 359 g/mol. The maximum Gasteiger partial charge on any atom is 0.242 e. The number of hydrogen-bond donors (Lipinski definition) is 0. The third-order valence-electron chi connectivity index (χ3n) is 5.70. The van der Waals surface area contributed by atoms with E-state index in [1.807, 2.05) is 12.2 Å². The van der Waals surface area contributed by atoms with Gasteiger partial charge in [-0.15, -0.1) is 0 Å². The number of hydrogen-bond acceptors (Lipinski definition) is 3. The van der Waals surface area contributed by atoms with E-state index >= 15 is 0 Å². The van der Waals surface area contributed by atoms with Crippen LogP contribution >= 0.6 is 11.6 Å². The average molecular weight is 377 g/mol. The van der Waals surface area contributed by atoms with Crippen LogP contribution in [0.2, 0.25) is 5.02 Å². The monoisotopic (exact) mass is 376 g/mol. The van der Waals surface area contributed by atoms with Crippen molar-refractivity contribution in [3.8, 4) is 0 Å². The van der Waals surface area contributed by atoms with Gasteiger partial charge < -0.3 is 4.90 Å². The van der Waals surface area contributed by atoms with Gasteiger partial charge in [0, 0.05) is 18.6 Å². The Bertz CT molecular complexity index is 810. The Balaban J connectivity index is 1.43. The molecule has 1 heterocycles. The molecule has 5 nitrogen and oxygen atoms in total. The Morgan fingerprint density at radius 3 is 2.42 bits per heavy atom. The molecule has 2 aliphatic carbocycles. The summed E-state index contributed by atoms with van der Waals surface area (Å²) in [6.45, 7) is -0.0900. The topological polar surface area (TPSA) is 57.7 Å². The van der Waals surface area contributed by atoms with Crippen molar-refractivity contribution >= 4 is 29.3 Å². The van der Waals surface area contributed by atoms with E-state index in [1.54, 1.807) is 7.05 Å². The summed E-state index contributed by atoms with van der Waals surface area (Å²) in [6.07, 6.45) is 4.90. The van der Waals surface area contributed by atoms with Crippen LogP contribution < -0.4 is 0 Å². The molecule has 0 unspecified atom stereocenters. The second-order valence-electron chi connectivity index (χ2n) is 7.25. The third-order valence-corrected chi connectivity index (χ3v) is 6.06. The minimum atomic E-state index is -0.448. The number of carbonyl (C=O) groups is 3. The molecule has 3 amide bonds. The van der Waals surface area contributed by atoms with Gasteiger partial charge in [0.15, 0.2) is 0 Å². The van der Waals surface area contributed by atoms with Crippen molar-refractivity contribution in [1.82, 2.24) is 9.80 Å². The predicted molar refractivity (Wildman–Crippen MR) is 92.3 cm³/mol. The molecule has 0 spiro atoms. The normalized spacial score (nSPS) is 28.8. The van der Waals surface area contributed by atoms with Crippen LogP contribution in [0.15, 0.2) is 30.4 Å².